The first-order valence-electron chi connectivity index (χ1n) is 41.7. The number of hydrogen-bond acceptors (Lipinski definition) is 23. The Morgan fingerprint density at radius 3 is 1.87 bits per heavy atom. The Kier molecular flexibility index (Phi) is 29.4. The van der Waals surface area contributed by atoms with Gasteiger partial charge in [-0.2, -0.15) is 0 Å². The zero-order valence-electron chi connectivity index (χ0n) is 67.3. The molecule has 29 nitrogen and oxygen atoms in total. The monoisotopic (exact) mass is 1690 g/mol. The number of carbonyl (C=O) groups is 10. The topological polar surface area (TPSA) is 451 Å². The maximum absolute atomic E-state index is 16.6. The molecule has 0 aromatic heterocycles. The van der Waals surface area contributed by atoms with E-state index in [9.17, 15) is 60.0 Å². The van der Waals surface area contributed by atoms with E-state index in [4.69, 9.17) is 46.9 Å². The third-order valence-corrected chi connectivity index (χ3v) is 25.0. The first-order valence-corrected chi connectivity index (χ1v) is 42.4. The van der Waals surface area contributed by atoms with Gasteiger partial charge in [-0.25, -0.2) is 4.79 Å². The molecule has 31 heteroatoms. The van der Waals surface area contributed by atoms with E-state index in [1.165, 1.54) is 48.5 Å². The van der Waals surface area contributed by atoms with E-state index < -0.39 is 204 Å². The number of aliphatic hydroxyl groups excluding tert-OH is 5. The second-order valence-corrected chi connectivity index (χ2v) is 34.3. The largest absolute Gasteiger partial charge is 0.508 e. The van der Waals surface area contributed by atoms with Gasteiger partial charge in [0.25, 0.3) is 0 Å². The van der Waals surface area contributed by atoms with Gasteiger partial charge in [0.2, 0.25) is 41.6 Å². The predicted molar refractivity (Wildman–Crippen MR) is 433 cm³/mol. The van der Waals surface area contributed by atoms with Gasteiger partial charge in [0, 0.05) is 61.8 Å². The van der Waals surface area contributed by atoms with Gasteiger partial charge < -0.3 is 91.1 Å². The summed E-state index contributed by atoms with van der Waals surface area (Å²) >= 11 is 14.4. The summed E-state index contributed by atoms with van der Waals surface area (Å²) < 4.78 is 31.7. The first-order chi connectivity index (χ1) is 56.9. The van der Waals surface area contributed by atoms with E-state index in [0.717, 1.165) is 107 Å². The van der Waals surface area contributed by atoms with Gasteiger partial charge in [0.1, 0.15) is 96.1 Å². The molecule has 15 rings (SSSR count). The number of carbonyl (C=O) groups excluding carboxylic acids is 10. The lowest BCUT2D eigenvalue weighted by atomic mass is 9.51. The van der Waals surface area contributed by atoms with E-state index in [1.54, 1.807) is 6.92 Å². The quantitative estimate of drug-likeness (QED) is 0.0191. The molecule has 10 aliphatic rings. The van der Waals surface area contributed by atoms with Crippen molar-refractivity contribution >= 4 is 82.1 Å². The van der Waals surface area contributed by atoms with Gasteiger partial charge in [0.15, 0.2) is 28.8 Å². The van der Waals surface area contributed by atoms with Crippen LogP contribution in [0.1, 0.15) is 227 Å². The Labute approximate surface area is 699 Å². The minimum absolute atomic E-state index is 0.000101. The zero-order valence-corrected chi connectivity index (χ0v) is 68.8. The molecule has 6 heterocycles. The van der Waals surface area contributed by atoms with Crippen molar-refractivity contribution in [3.05, 3.63) is 117 Å². The van der Waals surface area contributed by atoms with Crippen LogP contribution in [0.25, 0.3) is 11.1 Å². The molecule has 0 spiro atoms. The van der Waals surface area contributed by atoms with Crippen LogP contribution in [0.5, 0.6) is 46.0 Å². The molecule has 4 saturated carbocycles. The van der Waals surface area contributed by atoms with Crippen molar-refractivity contribution in [2.45, 2.75) is 242 Å². The molecule has 14 atom stereocenters. The highest BCUT2D eigenvalue weighted by Gasteiger charge is 2.51. The lowest BCUT2D eigenvalue weighted by Gasteiger charge is -2.54. The number of nitrogens with one attached hydrogen (secondary N) is 6. The number of urea groups is 1. The van der Waals surface area contributed by atoms with Crippen LogP contribution < -0.4 is 46.1 Å². The van der Waals surface area contributed by atoms with Crippen LogP contribution in [-0.4, -0.2) is 156 Å². The third kappa shape index (κ3) is 20.9. The molecular weight excluding hydrogens is 1580 g/mol. The lowest BCUT2D eigenvalue weighted by Crippen LogP contribution is -2.60. The Bertz CT molecular complexity index is 4590. The van der Waals surface area contributed by atoms with Crippen molar-refractivity contribution in [1.29, 1.82) is 0 Å². The Morgan fingerprint density at radius 1 is 0.613 bits per heavy atom. The van der Waals surface area contributed by atoms with Crippen molar-refractivity contribution in [3.63, 3.8) is 0 Å². The number of Topliss-reactive ketones (excluding diaryl/α,β-unsaturated/α-hetero) is 3. The number of aromatic hydroxyl groups is 3. The van der Waals surface area contributed by atoms with Crippen LogP contribution in [0.2, 0.25) is 10.0 Å². The average Bonchev–Trinajstić information content (AvgIpc) is 0.751. The number of phenolic OH excluding ortho intramolecular Hbond substituents is 3. The normalized spacial score (nSPS) is 27.5. The number of benzene rings is 5. The molecule has 5 aromatic carbocycles. The van der Waals surface area contributed by atoms with Crippen LogP contribution in [-0.2, 0) is 52.6 Å². The van der Waals surface area contributed by atoms with Crippen molar-refractivity contribution in [3.8, 4) is 57.1 Å². The highest BCUT2D eigenvalue weighted by atomic mass is 35.5. The number of imide groups is 1. The summed E-state index contributed by atoms with van der Waals surface area (Å²) in [5.41, 5.74) is -1.56. The van der Waals surface area contributed by atoms with Crippen LogP contribution in [0.15, 0.2) is 78.9 Å². The number of ether oxygens (including phenoxy) is 5. The predicted octanol–water partition coefficient (Wildman–Crippen LogP) is 11.1. The summed E-state index contributed by atoms with van der Waals surface area (Å²) in [5.74, 6) is -16.4. The highest BCUT2D eigenvalue weighted by molar-refractivity contribution is 6.32. The molecule has 0 unspecified atom stereocenters. The maximum atomic E-state index is 16.6. The van der Waals surface area contributed by atoms with Gasteiger partial charge in [-0.05, 0) is 176 Å². The Hall–Kier alpha value is -9.46. The van der Waals surface area contributed by atoms with Gasteiger partial charge >= 0.3 is 12.0 Å². The van der Waals surface area contributed by atoms with E-state index in [0.29, 0.717) is 31.1 Å². The maximum Gasteiger partial charge on any atom is 0.321 e. The summed E-state index contributed by atoms with van der Waals surface area (Å²) in [6, 6.07) is 6.30. The molecule has 15 bridgehead atoms. The fourth-order valence-corrected chi connectivity index (χ4v) is 18.8. The molecule has 5 fully saturated rings. The first kappa shape index (κ1) is 88.8. The number of ketones is 3. The van der Waals surface area contributed by atoms with Crippen molar-refractivity contribution in [1.82, 2.24) is 31.9 Å². The average molecular weight is 1690 g/mol. The highest BCUT2D eigenvalue weighted by Crippen LogP contribution is 2.58. The fraction of sp³-hybridized carbons (Fsp3) is 0.545. The standard InChI is InChI=1S/C88H108Cl2N6O23/c1-6-9-11-13-14-16-71(104)115-41-69-79(107)80(108)81(109)87(118-69)119-82-67-34-51-35-68(82)117-66-22-19-48(32-59(66)90)78(106)76-86(113)94-74(64(102)39-54-49-26-43-25-44(28-49)29-50(54)27-43)57-37-53(97)38-61(99)72(57)56-30-46(17-20-60(56)98)55(85(112)96-76)40-63(101)73(51)93-84(111)52(36-70(103)92-88(114)91-23-15-12-10-7-2)33-62(100)75(95-83(110)45(8-3)24-42(4)5)77(105)47-18-21-65(116-67)58(89)31-47/h17-22,30-32,34-35,37-38,42-45,49-50,52,54-55,69,73-81,87,97-99,105-109H,6-16,23-29,33,36,39-41H2,1-5H3,(H,93,111)(H,94,113)(H,95,110)(H,96,112)(H2,91,92,103,114)/t43?,44?,45-,49?,50?,52+,54?,55-,69-,73-,74+,75+,76+,77-,78-,79-,80+,81-,87+/m1/s1. The summed E-state index contributed by atoms with van der Waals surface area (Å²) in [5, 5.41) is 111. The number of amides is 7. The fourth-order valence-electron chi connectivity index (χ4n) is 18.3. The number of fused-ring (bicyclic) bond motifs is 15. The number of phenols is 3. The molecule has 6 aliphatic heterocycles. The summed E-state index contributed by atoms with van der Waals surface area (Å²) in [6.45, 7) is 9.03. The lowest BCUT2D eigenvalue weighted by molar-refractivity contribution is -0.278. The summed E-state index contributed by atoms with van der Waals surface area (Å²) in [6.07, 6.45) is -4.80. The number of rotatable bonds is 25. The van der Waals surface area contributed by atoms with E-state index in [2.05, 4.69) is 31.9 Å². The Morgan fingerprint density at radius 2 is 1.24 bits per heavy atom. The molecule has 14 N–H and O–H groups in total. The number of aliphatic hydroxyl groups is 5. The smallest absolute Gasteiger partial charge is 0.321 e. The van der Waals surface area contributed by atoms with Crippen molar-refractivity contribution in [2.75, 3.05) is 13.2 Å². The van der Waals surface area contributed by atoms with E-state index >= 15 is 28.8 Å². The van der Waals surface area contributed by atoms with Gasteiger partial charge in [-0.1, -0.05) is 121 Å². The summed E-state index contributed by atoms with van der Waals surface area (Å²) in [7, 11) is 0. The van der Waals surface area contributed by atoms with Crippen molar-refractivity contribution in [2.24, 2.45) is 47.3 Å². The second-order valence-electron chi connectivity index (χ2n) is 33.5. The third-order valence-electron chi connectivity index (χ3n) is 24.4. The van der Waals surface area contributed by atoms with Gasteiger partial charge in [-0.3, -0.25) is 48.5 Å². The van der Waals surface area contributed by atoms with E-state index in [1.807, 2.05) is 27.7 Å². The molecule has 4 aliphatic carbocycles. The minimum Gasteiger partial charge on any atom is -0.508 e. The van der Waals surface area contributed by atoms with Crippen LogP contribution >= 0.6 is 23.2 Å². The van der Waals surface area contributed by atoms with Gasteiger partial charge in [-0.15, -0.1) is 0 Å². The second kappa shape index (κ2) is 39.4. The molecule has 119 heavy (non-hydrogen) atoms. The van der Waals surface area contributed by atoms with Gasteiger partial charge in [0.05, 0.1) is 21.9 Å². The molecule has 7 amide bonds. The molecular formula is C88H108Cl2N6O23. The summed E-state index contributed by atoms with van der Waals surface area (Å²) in [4.78, 5) is 151. The number of halogens is 2. The molecule has 1 saturated heterocycles. The van der Waals surface area contributed by atoms with Crippen LogP contribution in [0, 0.1) is 47.3 Å². The molecule has 642 valence electrons. The SMILES string of the molecule is CCCCCCCC(=O)OC[C@H]1O[C@@H](Oc2c3cc4cc2Oc2ccc(cc2Cl)[C@@H](O)[C@@H](NC(=O)[C@H](CC)CC(C)C)C(=O)C[C@@H](CC(=O)NC(=O)NCCCCCC)C(=O)N[C@H]4C(=O)C[C@H]2C(=O)N[C@H](C(=O)N[C@H](C(=O)CC4C5CC6CC(C5)CC4C6)c4cc(O)cc(O)c4-c4cc2ccc4O)[C@H](O)c2ccc(c(Cl)c2)O3)[C@H](O)[C@@H](O)[C@@H]1O. The van der Waals surface area contributed by atoms with Crippen molar-refractivity contribution < 1.29 is 112 Å². The molecule has 5 aromatic rings. The number of unbranched alkanes of at least 4 members (excludes halogenated alkanes) is 7. The van der Waals surface area contributed by atoms with Crippen LogP contribution in [0.3, 0.4) is 0 Å². The van der Waals surface area contributed by atoms with E-state index in [-0.39, 0.29) is 110 Å². The Balaban J connectivity index is 1.04. The number of esters is 1. The minimum atomic E-state index is -2.21. The van der Waals surface area contributed by atoms with Crippen LogP contribution in [0.4, 0.5) is 4.79 Å². The molecule has 0 radical (unpaired) electrons. The number of hydrogen-bond donors (Lipinski definition) is 14. The zero-order chi connectivity index (χ0) is 85.4.